The first-order valence-electron chi connectivity index (χ1n) is 5.51. The van der Waals surface area contributed by atoms with Crippen LogP contribution in [0.4, 0.5) is 24.7 Å². The average molecular weight is 354 g/mol. The molecule has 1 aromatic carbocycles. The van der Waals surface area contributed by atoms with Gasteiger partial charge < -0.3 is 5.32 Å². The van der Waals surface area contributed by atoms with Gasteiger partial charge >= 0.3 is 6.18 Å². The highest BCUT2D eigenvalue weighted by Gasteiger charge is 2.31. The fourth-order valence-electron chi connectivity index (χ4n) is 1.53. The third-order valence-electron chi connectivity index (χ3n) is 2.35. The maximum absolute atomic E-state index is 12.7. The summed E-state index contributed by atoms with van der Waals surface area (Å²) >= 11 is 12.8. The van der Waals surface area contributed by atoms with Crippen molar-refractivity contribution >= 4 is 46.5 Å². The summed E-state index contributed by atoms with van der Waals surface area (Å²) in [6.45, 7) is 0. The third-order valence-corrected chi connectivity index (χ3v) is 3.31. The summed E-state index contributed by atoms with van der Waals surface area (Å²) in [6.07, 6.45) is -2.72. The van der Waals surface area contributed by atoms with Crippen LogP contribution >= 0.6 is 35.0 Å². The number of aromatic nitrogens is 2. The molecule has 0 saturated heterocycles. The van der Waals surface area contributed by atoms with E-state index < -0.39 is 11.7 Å². The van der Waals surface area contributed by atoms with Crippen molar-refractivity contribution in [3.8, 4) is 0 Å². The van der Waals surface area contributed by atoms with Crippen LogP contribution in [-0.2, 0) is 6.18 Å². The number of hydrogen-bond donors (Lipinski definition) is 1. The molecule has 0 aliphatic rings. The molecule has 0 bridgehead atoms. The smallest absolute Gasteiger partial charge is 0.340 e. The normalized spacial score (nSPS) is 11.5. The van der Waals surface area contributed by atoms with Crippen molar-refractivity contribution in [3.63, 3.8) is 0 Å². The molecule has 1 heterocycles. The first-order chi connectivity index (χ1) is 9.77. The Morgan fingerprint density at radius 3 is 2.43 bits per heavy atom. The number of halogens is 5. The van der Waals surface area contributed by atoms with Gasteiger partial charge in [0, 0.05) is 16.8 Å². The standard InChI is InChI=1S/C12H8Cl2F3N3S/c1-21-11-19-9(14)5-10(20-11)18-8-3-6(12(15,16)17)2-7(13)4-8/h2-5H,1H3,(H,18,19,20). The second kappa shape index (κ2) is 6.29. The SMILES string of the molecule is CSc1nc(Cl)cc(Nc2cc(Cl)cc(C(F)(F)F)c2)n1. The molecular weight excluding hydrogens is 346 g/mol. The van der Waals surface area contributed by atoms with Crippen LogP contribution in [0.5, 0.6) is 0 Å². The van der Waals surface area contributed by atoms with E-state index in [1.165, 1.54) is 23.9 Å². The van der Waals surface area contributed by atoms with Crippen molar-refractivity contribution in [1.82, 2.24) is 9.97 Å². The molecule has 0 atom stereocenters. The fraction of sp³-hybridized carbons (Fsp3) is 0.167. The highest BCUT2D eigenvalue weighted by atomic mass is 35.5. The van der Waals surface area contributed by atoms with Gasteiger partial charge in [0.2, 0.25) is 0 Å². The number of alkyl halides is 3. The Bertz CT molecular complexity index is 665. The van der Waals surface area contributed by atoms with Gasteiger partial charge in [0.25, 0.3) is 0 Å². The highest BCUT2D eigenvalue weighted by Crippen LogP contribution is 2.34. The minimum atomic E-state index is -4.48. The van der Waals surface area contributed by atoms with Gasteiger partial charge in [-0.15, -0.1) is 0 Å². The van der Waals surface area contributed by atoms with Crippen LogP contribution in [0.2, 0.25) is 10.2 Å². The Morgan fingerprint density at radius 1 is 1.10 bits per heavy atom. The Morgan fingerprint density at radius 2 is 1.81 bits per heavy atom. The molecule has 0 aliphatic carbocycles. The summed E-state index contributed by atoms with van der Waals surface area (Å²) in [7, 11) is 0. The first-order valence-corrected chi connectivity index (χ1v) is 7.49. The molecule has 3 nitrogen and oxygen atoms in total. The number of benzene rings is 1. The molecule has 0 saturated carbocycles. The number of anilines is 2. The predicted molar refractivity (Wildman–Crippen MR) is 78.6 cm³/mol. The average Bonchev–Trinajstić information content (AvgIpc) is 2.36. The van der Waals surface area contributed by atoms with E-state index in [-0.39, 0.29) is 21.7 Å². The van der Waals surface area contributed by atoms with E-state index in [1.54, 1.807) is 6.26 Å². The monoisotopic (exact) mass is 353 g/mol. The highest BCUT2D eigenvalue weighted by molar-refractivity contribution is 7.98. The third kappa shape index (κ3) is 4.39. The van der Waals surface area contributed by atoms with E-state index in [0.717, 1.165) is 12.1 Å². The molecular formula is C12H8Cl2F3N3S. The maximum atomic E-state index is 12.7. The molecule has 9 heteroatoms. The second-order valence-corrected chi connectivity index (χ2v) is 5.51. The van der Waals surface area contributed by atoms with Crippen molar-refractivity contribution in [2.75, 3.05) is 11.6 Å². The van der Waals surface area contributed by atoms with Crippen molar-refractivity contribution in [2.24, 2.45) is 0 Å². The number of nitrogens with one attached hydrogen (secondary N) is 1. The van der Waals surface area contributed by atoms with Crippen LogP contribution in [0, 0.1) is 0 Å². The summed E-state index contributed by atoms with van der Waals surface area (Å²) in [6, 6.07) is 4.58. The Kier molecular flexibility index (Phi) is 4.85. The Labute approximate surface area is 132 Å². The van der Waals surface area contributed by atoms with Gasteiger partial charge in [-0.1, -0.05) is 35.0 Å². The lowest BCUT2D eigenvalue weighted by Gasteiger charge is -2.11. The van der Waals surface area contributed by atoms with Crippen molar-refractivity contribution in [3.05, 3.63) is 40.0 Å². The van der Waals surface area contributed by atoms with Gasteiger partial charge in [-0.05, 0) is 24.5 Å². The van der Waals surface area contributed by atoms with Gasteiger partial charge in [-0.2, -0.15) is 13.2 Å². The van der Waals surface area contributed by atoms with Gasteiger partial charge in [-0.3, -0.25) is 0 Å². The molecule has 2 rings (SSSR count). The zero-order valence-corrected chi connectivity index (χ0v) is 12.8. The summed E-state index contributed by atoms with van der Waals surface area (Å²) in [5.74, 6) is 0.287. The van der Waals surface area contributed by atoms with E-state index in [9.17, 15) is 13.2 Å². The van der Waals surface area contributed by atoms with E-state index in [0.29, 0.717) is 5.16 Å². The summed E-state index contributed by atoms with van der Waals surface area (Å²) in [5.41, 5.74) is -0.681. The van der Waals surface area contributed by atoms with Crippen molar-refractivity contribution in [2.45, 2.75) is 11.3 Å². The molecule has 2 aromatic rings. The van der Waals surface area contributed by atoms with E-state index in [4.69, 9.17) is 23.2 Å². The molecule has 21 heavy (non-hydrogen) atoms. The molecule has 0 spiro atoms. The topological polar surface area (TPSA) is 37.8 Å². The number of thioether (sulfide) groups is 1. The lowest BCUT2D eigenvalue weighted by molar-refractivity contribution is -0.137. The minimum absolute atomic E-state index is 0.0300. The van der Waals surface area contributed by atoms with E-state index in [1.807, 2.05) is 0 Å². The van der Waals surface area contributed by atoms with Gasteiger partial charge in [-0.25, -0.2) is 9.97 Å². The summed E-state index contributed by atoms with van der Waals surface area (Å²) < 4.78 is 38.2. The molecule has 0 amide bonds. The van der Waals surface area contributed by atoms with Crippen LogP contribution in [0.3, 0.4) is 0 Å². The van der Waals surface area contributed by atoms with Crippen LogP contribution in [0.1, 0.15) is 5.56 Å². The van der Waals surface area contributed by atoms with Crippen molar-refractivity contribution < 1.29 is 13.2 Å². The van der Waals surface area contributed by atoms with Gasteiger partial charge in [0.05, 0.1) is 5.56 Å². The molecule has 1 aromatic heterocycles. The van der Waals surface area contributed by atoms with Gasteiger partial charge in [0.1, 0.15) is 11.0 Å². The van der Waals surface area contributed by atoms with Gasteiger partial charge in [0.15, 0.2) is 5.16 Å². The summed E-state index contributed by atoms with van der Waals surface area (Å²) in [4.78, 5) is 8.04. The quantitative estimate of drug-likeness (QED) is 0.463. The second-order valence-electron chi connectivity index (χ2n) is 3.91. The maximum Gasteiger partial charge on any atom is 0.416 e. The lowest BCUT2D eigenvalue weighted by Crippen LogP contribution is -2.06. The predicted octanol–water partition coefficient (Wildman–Crippen LogP) is 5.27. The van der Waals surface area contributed by atoms with Crippen LogP contribution in [-0.4, -0.2) is 16.2 Å². The molecule has 1 N–H and O–H groups in total. The van der Waals surface area contributed by atoms with Crippen LogP contribution in [0.15, 0.2) is 29.4 Å². The molecule has 0 fully saturated rings. The fourth-order valence-corrected chi connectivity index (χ4v) is 2.37. The van der Waals surface area contributed by atoms with Crippen molar-refractivity contribution in [1.29, 1.82) is 0 Å². The van der Waals surface area contributed by atoms with E-state index >= 15 is 0 Å². The number of rotatable bonds is 3. The molecule has 112 valence electrons. The lowest BCUT2D eigenvalue weighted by atomic mass is 10.2. The Balaban J connectivity index is 2.35. The van der Waals surface area contributed by atoms with E-state index in [2.05, 4.69) is 15.3 Å². The first kappa shape index (κ1) is 16.2. The Hall–Kier alpha value is -1.18. The molecule has 0 unspecified atom stereocenters. The molecule has 0 aliphatic heterocycles. The number of hydrogen-bond acceptors (Lipinski definition) is 4. The largest absolute Gasteiger partial charge is 0.416 e. The minimum Gasteiger partial charge on any atom is -0.340 e. The molecule has 0 radical (unpaired) electrons. The number of nitrogens with zero attached hydrogens (tertiary/aromatic N) is 2. The van der Waals surface area contributed by atoms with Crippen LogP contribution in [0.25, 0.3) is 0 Å². The van der Waals surface area contributed by atoms with Crippen LogP contribution < -0.4 is 5.32 Å². The zero-order chi connectivity index (χ0) is 15.6. The summed E-state index contributed by atoms with van der Waals surface area (Å²) in [5, 5.41) is 3.30. The zero-order valence-electron chi connectivity index (χ0n) is 10.5.